The number of hydrogen-bond acceptors (Lipinski definition) is 4. The predicted molar refractivity (Wildman–Crippen MR) is 90.7 cm³/mol. The lowest BCUT2D eigenvalue weighted by Crippen LogP contribution is -2.53. The first-order valence-corrected chi connectivity index (χ1v) is 9.66. The van der Waals surface area contributed by atoms with Crippen molar-refractivity contribution in [2.45, 2.75) is 24.6 Å². The maximum absolute atomic E-state index is 13.7. The van der Waals surface area contributed by atoms with Gasteiger partial charge in [-0.15, -0.1) is 0 Å². The number of piperidine rings is 1. The lowest BCUT2D eigenvalue weighted by Gasteiger charge is -2.32. The number of rotatable bonds is 5. The molecule has 1 aromatic carbocycles. The van der Waals surface area contributed by atoms with Crippen molar-refractivity contribution in [3.63, 3.8) is 0 Å². The SMILES string of the molecule is Cn1nccc1N1CCC[C@@H](NS(=O)(=O)Cc2c(F)cccc2F)C1=O. The molecule has 0 aliphatic carbocycles. The van der Waals surface area contributed by atoms with Crippen LogP contribution in [0.3, 0.4) is 0 Å². The summed E-state index contributed by atoms with van der Waals surface area (Å²) < 4.78 is 55.9. The van der Waals surface area contributed by atoms with Crippen LogP contribution in [0.5, 0.6) is 0 Å². The van der Waals surface area contributed by atoms with Gasteiger partial charge in [0.15, 0.2) is 0 Å². The zero-order valence-electron chi connectivity index (χ0n) is 14.0. The van der Waals surface area contributed by atoms with E-state index in [1.165, 1.54) is 15.8 Å². The molecule has 0 unspecified atom stereocenters. The van der Waals surface area contributed by atoms with E-state index in [0.29, 0.717) is 25.2 Å². The molecule has 1 fully saturated rings. The number of sulfonamides is 1. The number of aromatic nitrogens is 2. The average molecular weight is 384 g/mol. The molecule has 1 atom stereocenters. The molecule has 26 heavy (non-hydrogen) atoms. The topological polar surface area (TPSA) is 84.3 Å². The number of nitrogens with one attached hydrogen (secondary N) is 1. The van der Waals surface area contributed by atoms with Gasteiger partial charge in [0.25, 0.3) is 0 Å². The van der Waals surface area contributed by atoms with Crippen LogP contribution in [0, 0.1) is 11.6 Å². The third kappa shape index (κ3) is 3.75. The molecule has 7 nitrogen and oxygen atoms in total. The Labute approximate surface area is 149 Å². The van der Waals surface area contributed by atoms with Gasteiger partial charge in [0.1, 0.15) is 23.5 Å². The third-order valence-corrected chi connectivity index (χ3v) is 5.54. The van der Waals surface area contributed by atoms with Crippen molar-refractivity contribution in [3.8, 4) is 0 Å². The van der Waals surface area contributed by atoms with Crippen LogP contribution in [0.1, 0.15) is 18.4 Å². The Bertz CT molecular complexity index is 909. The maximum Gasteiger partial charge on any atom is 0.246 e. The zero-order chi connectivity index (χ0) is 18.9. The fourth-order valence-corrected chi connectivity index (χ4v) is 4.35. The van der Waals surface area contributed by atoms with Crippen LogP contribution >= 0.6 is 0 Å². The first-order valence-electron chi connectivity index (χ1n) is 8.01. The molecule has 0 spiro atoms. The highest BCUT2D eigenvalue weighted by Crippen LogP contribution is 2.21. The summed E-state index contributed by atoms with van der Waals surface area (Å²) in [5, 5.41) is 4.00. The highest BCUT2D eigenvalue weighted by molar-refractivity contribution is 7.88. The number of carbonyl (C=O) groups excluding carboxylic acids is 1. The van der Waals surface area contributed by atoms with E-state index in [2.05, 4.69) is 9.82 Å². The summed E-state index contributed by atoms with van der Waals surface area (Å²) in [7, 11) is -2.44. The second-order valence-electron chi connectivity index (χ2n) is 6.07. The molecule has 0 radical (unpaired) electrons. The van der Waals surface area contributed by atoms with Gasteiger partial charge in [-0.2, -0.15) is 5.10 Å². The maximum atomic E-state index is 13.7. The Morgan fingerprint density at radius 2 is 1.96 bits per heavy atom. The van der Waals surface area contributed by atoms with Crippen molar-refractivity contribution in [2.75, 3.05) is 11.4 Å². The van der Waals surface area contributed by atoms with Gasteiger partial charge in [-0.1, -0.05) is 6.07 Å². The lowest BCUT2D eigenvalue weighted by molar-refractivity contribution is -0.121. The number of hydrogen-bond donors (Lipinski definition) is 1. The summed E-state index contributed by atoms with van der Waals surface area (Å²) in [6.07, 6.45) is 2.43. The molecule has 2 heterocycles. The second-order valence-corrected chi connectivity index (χ2v) is 7.83. The first kappa shape index (κ1) is 18.5. The van der Waals surface area contributed by atoms with Crippen molar-refractivity contribution in [2.24, 2.45) is 7.05 Å². The van der Waals surface area contributed by atoms with Gasteiger partial charge in [-0.25, -0.2) is 21.9 Å². The first-order chi connectivity index (χ1) is 12.3. The molecule has 1 amide bonds. The van der Waals surface area contributed by atoms with Crippen molar-refractivity contribution < 1.29 is 22.0 Å². The van der Waals surface area contributed by atoms with E-state index in [4.69, 9.17) is 0 Å². The Balaban J connectivity index is 1.77. The van der Waals surface area contributed by atoms with E-state index in [1.54, 1.807) is 13.1 Å². The molecule has 1 saturated heterocycles. The van der Waals surface area contributed by atoms with Gasteiger partial charge >= 0.3 is 0 Å². The standard InChI is InChI=1S/C16H18F2N4O3S/c1-21-15(7-8-19-21)22-9-3-6-14(16(22)23)20-26(24,25)10-11-12(17)4-2-5-13(11)18/h2,4-5,7-8,14,20H,3,6,9-10H2,1H3/t14-/m1/s1. The van der Waals surface area contributed by atoms with Gasteiger partial charge in [0.05, 0.1) is 11.9 Å². The number of aryl methyl sites for hydroxylation is 1. The van der Waals surface area contributed by atoms with E-state index in [0.717, 1.165) is 18.2 Å². The van der Waals surface area contributed by atoms with Crippen molar-refractivity contribution in [3.05, 3.63) is 47.7 Å². The molecule has 0 saturated carbocycles. The third-order valence-electron chi connectivity index (χ3n) is 4.23. The molecule has 10 heteroatoms. The molecule has 1 aliphatic heterocycles. The van der Waals surface area contributed by atoms with Gasteiger partial charge in [0, 0.05) is 25.2 Å². The minimum Gasteiger partial charge on any atom is -0.296 e. The summed E-state index contributed by atoms with van der Waals surface area (Å²) in [5.41, 5.74) is -0.549. The van der Waals surface area contributed by atoms with Gasteiger partial charge in [-0.3, -0.25) is 14.4 Å². The number of nitrogens with zero attached hydrogens (tertiary/aromatic N) is 3. The highest BCUT2D eigenvalue weighted by atomic mass is 32.2. The molecule has 140 valence electrons. The number of amides is 1. The van der Waals surface area contributed by atoms with Crippen LogP contribution in [0.25, 0.3) is 0 Å². The zero-order valence-corrected chi connectivity index (χ0v) is 14.8. The van der Waals surface area contributed by atoms with E-state index < -0.39 is 44.9 Å². The van der Waals surface area contributed by atoms with Gasteiger partial charge in [0.2, 0.25) is 15.9 Å². The summed E-state index contributed by atoms with van der Waals surface area (Å²) in [6, 6.07) is 3.81. The molecule has 0 bridgehead atoms. The summed E-state index contributed by atoms with van der Waals surface area (Å²) >= 11 is 0. The minimum absolute atomic E-state index is 0.312. The number of benzene rings is 1. The van der Waals surface area contributed by atoms with Crippen LogP contribution in [0.15, 0.2) is 30.5 Å². The second kappa shape index (κ2) is 7.12. The minimum atomic E-state index is -4.11. The summed E-state index contributed by atoms with van der Waals surface area (Å²) in [6.45, 7) is 0.443. The Morgan fingerprint density at radius 3 is 2.58 bits per heavy atom. The lowest BCUT2D eigenvalue weighted by atomic mass is 10.1. The molecule has 1 N–H and O–H groups in total. The molecular weight excluding hydrogens is 366 g/mol. The molecular formula is C16H18F2N4O3S. The Hall–Kier alpha value is -2.33. The van der Waals surface area contributed by atoms with Crippen LogP contribution in [0.4, 0.5) is 14.6 Å². The van der Waals surface area contributed by atoms with Crippen molar-refractivity contribution in [1.29, 1.82) is 0 Å². The number of carbonyl (C=O) groups is 1. The molecule has 3 rings (SSSR count). The summed E-state index contributed by atoms with van der Waals surface area (Å²) in [5.74, 6) is -2.62. The van der Waals surface area contributed by atoms with Gasteiger partial charge in [-0.05, 0) is 25.0 Å². The van der Waals surface area contributed by atoms with E-state index >= 15 is 0 Å². The van der Waals surface area contributed by atoms with Crippen LogP contribution in [0.2, 0.25) is 0 Å². The highest BCUT2D eigenvalue weighted by Gasteiger charge is 2.34. The Morgan fingerprint density at radius 1 is 1.27 bits per heavy atom. The van der Waals surface area contributed by atoms with Crippen LogP contribution in [-0.4, -0.2) is 36.7 Å². The normalized spacial score (nSPS) is 18.3. The number of anilines is 1. The van der Waals surface area contributed by atoms with Crippen molar-refractivity contribution >= 4 is 21.7 Å². The smallest absolute Gasteiger partial charge is 0.246 e. The summed E-state index contributed by atoms with van der Waals surface area (Å²) in [4.78, 5) is 14.1. The Kier molecular flexibility index (Phi) is 5.05. The fraction of sp³-hybridized carbons (Fsp3) is 0.375. The predicted octanol–water partition coefficient (Wildman–Crippen LogP) is 1.31. The van der Waals surface area contributed by atoms with E-state index in [-0.39, 0.29) is 0 Å². The van der Waals surface area contributed by atoms with Crippen LogP contribution in [-0.2, 0) is 27.6 Å². The molecule has 1 aromatic heterocycles. The average Bonchev–Trinajstić information content (AvgIpc) is 2.99. The largest absolute Gasteiger partial charge is 0.296 e. The molecule has 1 aliphatic rings. The van der Waals surface area contributed by atoms with Gasteiger partial charge < -0.3 is 0 Å². The van der Waals surface area contributed by atoms with E-state index in [1.807, 2.05) is 0 Å². The number of halogens is 2. The van der Waals surface area contributed by atoms with Crippen molar-refractivity contribution in [1.82, 2.24) is 14.5 Å². The van der Waals surface area contributed by atoms with Crippen LogP contribution < -0.4 is 9.62 Å². The quantitative estimate of drug-likeness (QED) is 0.843. The monoisotopic (exact) mass is 384 g/mol. The fourth-order valence-electron chi connectivity index (χ4n) is 2.96. The molecule has 2 aromatic rings. The van der Waals surface area contributed by atoms with E-state index in [9.17, 15) is 22.0 Å².